The van der Waals surface area contributed by atoms with Gasteiger partial charge in [-0.15, -0.1) is 0 Å². The predicted molar refractivity (Wildman–Crippen MR) is 215 cm³/mol. The van der Waals surface area contributed by atoms with Crippen LogP contribution in [0.5, 0.6) is 5.75 Å². The molecular weight excluding hydrogens is 741 g/mol. The third kappa shape index (κ3) is 7.35. The molecule has 0 spiro atoms. The number of carbonyl (C=O) groups excluding carboxylic acids is 3. The number of nitrogens with one attached hydrogen (secondary N) is 4. The first-order valence-corrected chi connectivity index (χ1v) is 20.5. The quantitative estimate of drug-likeness (QED) is 0.124. The summed E-state index contributed by atoms with van der Waals surface area (Å²) in [5, 5.41) is 15.7. The first kappa shape index (κ1) is 39.6. The number of alkyl carbamates (subject to hydrolysis) is 1. The Balaban J connectivity index is 1.01. The maximum absolute atomic E-state index is 13.8. The van der Waals surface area contributed by atoms with Gasteiger partial charge in [-0.05, 0) is 90.8 Å². The maximum Gasteiger partial charge on any atom is 0.407 e. The summed E-state index contributed by atoms with van der Waals surface area (Å²) in [5.74, 6) is 1.95. The Bertz CT molecular complexity index is 2200. The molecule has 2 aromatic heterocycles. The second-order valence-corrected chi connectivity index (χ2v) is 16.5. The van der Waals surface area contributed by atoms with E-state index in [4.69, 9.17) is 24.2 Å². The van der Waals surface area contributed by atoms with E-state index in [1.807, 2.05) is 43.7 Å². The summed E-state index contributed by atoms with van der Waals surface area (Å²) in [6.45, 7) is 9.34. The highest BCUT2D eigenvalue weighted by atomic mass is 16.6. The van der Waals surface area contributed by atoms with Crippen LogP contribution in [0.4, 0.5) is 4.79 Å². The van der Waals surface area contributed by atoms with E-state index >= 15 is 0 Å². The Hall–Kier alpha value is -5.25. The summed E-state index contributed by atoms with van der Waals surface area (Å²) in [5.41, 5.74) is 9.31. The highest BCUT2D eigenvalue weighted by Crippen LogP contribution is 2.45. The molecule has 3 amide bonds. The van der Waals surface area contributed by atoms with Gasteiger partial charge in [0.05, 0.1) is 42.8 Å². The van der Waals surface area contributed by atoms with Crippen molar-refractivity contribution in [3.8, 4) is 39.4 Å². The summed E-state index contributed by atoms with van der Waals surface area (Å²) in [6.07, 6.45) is 4.92. The zero-order chi connectivity index (χ0) is 40.8. The Morgan fingerprint density at radius 3 is 2.26 bits per heavy atom. The third-order valence-electron chi connectivity index (χ3n) is 12.2. The number of aliphatic hydroxyl groups is 1. The van der Waals surface area contributed by atoms with Gasteiger partial charge in [-0.2, -0.15) is 0 Å². The van der Waals surface area contributed by atoms with Gasteiger partial charge in [0.2, 0.25) is 18.2 Å². The lowest BCUT2D eigenvalue weighted by molar-refractivity contribution is -0.145. The van der Waals surface area contributed by atoms with E-state index in [9.17, 15) is 19.5 Å². The zero-order valence-corrected chi connectivity index (χ0v) is 34.1. The lowest BCUT2D eigenvalue weighted by Crippen LogP contribution is -2.52. The summed E-state index contributed by atoms with van der Waals surface area (Å²) >= 11 is 0. The molecule has 5 atom stereocenters. The number of rotatable bonds is 11. The summed E-state index contributed by atoms with van der Waals surface area (Å²) in [4.78, 5) is 60.1. The number of aromatic amines is 2. The number of likely N-dealkylation sites (tertiary alicyclic amines) is 2. The standard InChI is InChI=1S/C43H54N8O7/c1-22(2)35(48-42(54)56-5)40(52)50-15-7-9-32(50)38-44-20-31(46-38)25-11-13-27-26(17-25)21-58-34-19-28-24(18-29(27)34)12-14-30-37(28)47-39(45-30)33-10-8-16-51(33)41(53)36(23(3)4)49-43(55)57-6/h11,13,17-20,22-23,32-33,35-36,43,49,55H,7-10,12,14-16,21H2,1-6H3,(H,44,46)(H,45,47)(H,48,54)/t32-,33-,35?,36-,43?/m0/s1. The van der Waals surface area contributed by atoms with Gasteiger partial charge in [-0.1, -0.05) is 39.8 Å². The monoisotopic (exact) mass is 794 g/mol. The van der Waals surface area contributed by atoms with Crippen LogP contribution in [-0.4, -0.2) is 98.6 Å². The molecular formula is C43H54N8O7. The minimum Gasteiger partial charge on any atom is -0.488 e. The molecule has 5 heterocycles. The molecule has 15 heteroatoms. The fraction of sp³-hybridized carbons (Fsp3) is 0.512. The van der Waals surface area contributed by atoms with Gasteiger partial charge in [0.1, 0.15) is 30.0 Å². The van der Waals surface area contributed by atoms with Gasteiger partial charge in [0.25, 0.3) is 0 Å². The molecule has 0 saturated carbocycles. The van der Waals surface area contributed by atoms with E-state index in [-0.39, 0.29) is 35.7 Å². The van der Waals surface area contributed by atoms with Crippen molar-refractivity contribution in [1.29, 1.82) is 0 Å². The minimum atomic E-state index is -1.23. The Kier molecular flexibility index (Phi) is 11.0. The van der Waals surface area contributed by atoms with Crippen LogP contribution in [0.25, 0.3) is 33.6 Å². The second-order valence-electron chi connectivity index (χ2n) is 16.5. The number of amides is 3. The number of nitrogens with zero attached hydrogens (tertiary/aromatic N) is 4. The predicted octanol–water partition coefficient (Wildman–Crippen LogP) is 5.37. The normalized spacial score (nSPS) is 19.9. The topological polar surface area (TPSA) is 187 Å². The maximum atomic E-state index is 13.8. The highest BCUT2D eigenvalue weighted by molar-refractivity contribution is 5.87. The van der Waals surface area contributed by atoms with Crippen molar-refractivity contribution in [3.05, 3.63) is 65.0 Å². The van der Waals surface area contributed by atoms with E-state index in [2.05, 4.69) is 50.9 Å². The van der Waals surface area contributed by atoms with Crippen LogP contribution >= 0.6 is 0 Å². The van der Waals surface area contributed by atoms with Crippen molar-refractivity contribution < 1.29 is 33.7 Å². The molecule has 308 valence electrons. The highest BCUT2D eigenvalue weighted by Gasteiger charge is 2.40. The number of H-pyrrole nitrogens is 2. The molecule has 2 aromatic carbocycles. The first-order chi connectivity index (χ1) is 27.9. The molecule has 15 nitrogen and oxygen atoms in total. The molecule has 4 aromatic rings. The fourth-order valence-corrected chi connectivity index (χ4v) is 9.04. The lowest BCUT2D eigenvalue weighted by Gasteiger charge is -2.31. The van der Waals surface area contributed by atoms with Crippen molar-refractivity contribution in [1.82, 2.24) is 40.4 Å². The molecule has 5 N–H and O–H groups in total. The molecule has 3 aliphatic heterocycles. The van der Waals surface area contributed by atoms with Crippen LogP contribution < -0.4 is 15.4 Å². The Morgan fingerprint density at radius 1 is 0.862 bits per heavy atom. The second kappa shape index (κ2) is 16.2. The molecule has 1 aliphatic carbocycles. The third-order valence-corrected chi connectivity index (χ3v) is 12.2. The molecule has 2 unspecified atom stereocenters. The van der Waals surface area contributed by atoms with Crippen molar-refractivity contribution >= 4 is 17.9 Å². The van der Waals surface area contributed by atoms with Crippen LogP contribution in [0.1, 0.15) is 93.9 Å². The average molecular weight is 795 g/mol. The molecule has 2 fully saturated rings. The summed E-state index contributed by atoms with van der Waals surface area (Å²) in [6, 6.07) is 9.05. The van der Waals surface area contributed by atoms with Crippen molar-refractivity contribution in [3.63, 3.8) is 0 Å². The van der Waals surface area contributed by atoms with Crippen molar-refractivity contribution in [2.24, 2.45) is 11.8 Å². The molecule has 4 aliphatic rings. The summed E-state index contributed by atoms with van der Waals surface area (Å²) < 4.78 is 16.2. The number of aryl methyl sites for hydroxylation is 2. The van der Waals surface area contributed by atoms with Gasteiger partial charge in [-0.25, -0.2) is 14.8 Å². The number of hydrogen-bond donors (Lipinski definition) is 5. The number of ether oxygens (including phenoxy) is 3. The molecule has 0 bridgehead atoms. The fourth-order valence-electron chi connectivity index (χ4n) is 9.04. The smallest absolute Gasteiger partial charge is 0.407 e. The van der Waals surface area contributed by atoms with Crippen molar-refractivity contribution in [2.45, 2.75) is 103 Å². The van der Waals surface area contributed by atoms with Gasteiger partial charge in [-0.3, -0.25) is 14.9 Å². The summed E-state index contributed by atoms with van der Waals surface area (Å²) in [7, 11) is 2.69. The first-order valence-electron chi connectivity index (χ1n) is 20.5. The van der Waals surface area contributed by atoms with E-state index in [1.165, 1.54) is 19.8 Å². The number of carbonyl (C=O) groups is 3. The molecule has 8 rings (SSSR count). The van der Waals surface area contributed by atoms with E-state index in [0.29, 0.717) is 19.7 Å². The number of benzene rings is 2. The van der Waals surface area contributed by atoms with Crippen LogP contribution in [0.3, 0.4) is 0 Å². The molecule has 0 radical (unpaired) electrons. The number of imidazole rings is 2. The van der Waals surface area contributed by atoms with Gasteiger partial charge in [0.15, 0.2) is 0 Å². The van der Waals surface area contributed by atoms with E-state index < -0.39 is 24.6 Å². The molecule has 2 saturated heterocycles. The van der Waals surface area contributed by atoms with E-state index in [0.717, 1.165) is 101 Å². The van der Waals surface area contributed by atoms with E-state index in [1.54, 1.807) is 0 Å². The average Bonchev–Trinajstić information content (AvgIpc) is 4.06. The Morgan fingerprint density at radius 2 is 1.57 bits per heavy atom. The number of hydrogen-bond acceptors (Lipinski definition) is 10. The SMILES string of the molecule is COC(=O)NC(C(=O)N1CCC[C@H]1c1ncc(-c2ccc3c(c2)COc2cc4c(cc2-3)CCc2[nH]c([C@@H]3CCCN3C(=O)[C@@H](NC(O)OC)C(C)C)nc2-4)[nH]1)C(C)C. The van der Waals surface area contributed by atoms with Crippen LogP contribution in [0, 0.1) is 11.8 Å². The zero-order valence-electron chi connectivity index (χ0n) is 34.1. The number of aliphatic hydroxyl groups excluding tert-OH is 1. The number of aromatic nitrogens is 4. The van der Waals surface area contributed by atoms with Crippen LogP contribution in [0.15, 0.2) is 36.5 Å². The van der Waals surface area contributed by atoms with Crippen molar-refractivity contribution in [2.75, 3.05) is 27.3 Å². The van der Waals surface area contributed by atoms with Gasteiger partial charge < -0.3 is 44.4 Å². The van der Waals surface area contributed by atoms with Crippen LogP contribution in [0.2, 0.25) is 0 Å². The lowest BCUT2D eigenvalue weighted by atomic mass is 9.86. The molecule has 58 heavy (non-hydrogen) atoms. The van der Waals surface area contributed by atoms with Gasteiger partial charge in [0, 0.05) is 37.0 Å². The minimum absolute atomic E-state index is 0.0501. The number of fused-ring (bicyclic) bond motifs is 6. The largest absolute Gasteiger partial charge is 0.488 e. The number of methoxy groups -OCH3 is 2. The Labute approximate surface area is 338 Å². The van der Waals surface area contributed by atoms with Gasteiger partial charge >= 0.3 is 6.09 Å². The van der Waals surface area contributed by atoms with Crippen LogP contribution in [-0.2, 0) is 38.5 Å².